The van der Waals surface area contributed by atoms with E-state index < -0.39 is 0 Å². The van der Waals surface area contributed by atoms with Crippen LogP contribution in [0.5, 0.6) is 11.5 Å². The van der Waals surface area contributed by atoms with E-state index in [1.54, 1.807) is 13.2 Å². The first kappa shape index (κ1) is 41.5. The summed E-state index contributed by atoms with van der Waals surface area (Å²) >= 11 is 0. The van der Waals surface area contributed by atoms with E-state index in [1.165, 1.54) is 35.9 Å². The van der Waals surface area contributed by atoms with Crippen molar-refractivity contribution in [2.24, 2.45) is 14.1 Å². The fourth-order valence-corrected chi connectivity index (χ4v) is 6.59. The van der Waals surface area contributed by atoms with Crippen molar-refractivity contribution in [3.05, 3.63) is 103 Å². The minimum atomic E-state index is -0.381. The van der Waals surface area contributed by atoms with Gasteiger partial charge in [0.1, 0.15) is 23.9 Å². The Bertz CT molecular complexity index is 2010. The number of para-hydroxylation sites is 4. The number of phenols is 1. The van der Waals surface area contributed by atoms with Crippen LogP contribution in [0.2, 0.25) is 0 Å². The largest absolute Gasteiger partial charge is 0.506 e. The van der Waals surface area contributed by atoms with Gasteiger partial charge in [-0.05, 0) is 63.0 Å². The molecule has 54 heavy (non-hydrogen) atoms. The molecular formula is C38H56N10O6. The van der Waals surface area contributed by atoms with Crippen molar-refractivity contribution in [3.8, 4) is 11.5 Å². The van der Waals surface area contributed by atoms with Crippen LogP contribution in [0.1, 0.15) is 33.1 Å². The minimum absolute atomic E-state index is 0. The number of rotatable bonds is 13. The van der Waals surface area contributed by atoms with Crippen LogP contribution in [-0.4, -0.2) is 116 Å². The van der Waals surface area contributed by atoms with Gasteiger partial charge in [0.15, 0.2) is 0 Å². The van der Waals surface area contributed by atoms with Crippen LogP contribution in [0.25, 0.3) is 0 Å². The number of hydrogen-bond acceptors (Lipinski definition) is 12. The molecule has 294 valence electrons. The van der Waals surface area contributed by atoms with E-state index in [-0.39, 0.29) is 29.9 Å². The molecule has 2 aliphatic rings. The second kappa shape index (κ2) is 20.3. The highest BCUT2D eigenvalue weighted by Gasteiger charge is 2.20. The molecule has 0 aliphatic carbocycles. The summed E-state index contributed by atoms with van der Waals surface area (Å²) in [5.41, 5.74) is 0.575. The van der Waals surface area contributed by atoms with Crippen LogP contribution in [0.3, 0.4) is 0 Å². The lowest BCUT2D eigenvalue weighted by Gasteiger charge is -2.36. The molecule has 2 saturated heterocycles. The Morgan fingerprint density at radius 3 is 1.46 bits per heavy atom. The number of benzene rings is 2. The second-order valence-corrected chi connectivity index (χ2v) is 13.3. The summed E-state index contributed by atoms with van der Waals surface area (Å²) in [6.07, 6.45) is 6.03. The maximum atomic E-state index is 11.9. The number of nitrogens with zero attached hydrogens (tertiary/aromatic N) is 10. The average Bonchev–Trinajstić information content (AvgIpc) is 3.19. The molecule has 6 rings (SSSR count). The molecule has 4 heterocycles. The number of methoxy groups -OCH3 is 1. The zero-order valence-corrected chi connectivity index (χ0v) is 31.0. The van der Waals surface area contributed by atoms with Gasteiger partial charge in [0, 0.05) is 79.5 Å². The molecule has 2 fully saturated rings. The van der Waals surface area contributed by atoms with Crippen molar-refractivity contribution in [2.45, 2.75) is 46.2 Å². The van der Waals surface area contributed by atoms with Crippen molar-refractivity contribution >= 4 is 11.4 Å². The van der Waals surface area contributed by atoms with Crippen molar-refractivity contribution in [1.29, 1.82) is 0 Å². The minimum Gasteiger partial charge on any atom is -0.506 e. The van der Waals surface area contributed by atoms with E-state index in [1.807, 2.05) is 36.4 Å². The maximum Gasteiger partial charge on any atom is 0.347 e. The van der Waals surface area contributed by atoms with Crippen LogP contribution in [0.4, 0.5) is 11.4 Å². The molecule has 0 amide bonds. The Hall–Kier alpha value is -5.22. The van der Waals surface area contributed by atoms with Crippen LogP contribution >= 0.6 is 0 Å². The van der Waals surface area contributed by atoms with Crippen molar-refractivity contribution in [3.63, 3.8) is 0 Å². The topological polar surface area (TPSA) is 156 Å². The number of ether oxygens (including phenoxy) is 1. The van der Waals surface area contributed by atoms with Crippen molar-refractivity contribution in [1.82, 2.24) is 38.5 Å². The number of piperazine rings is 2. The molecule has 0 spiro atoms. The zero-order chi connectivity index (χ0) is 37.7. The third kappa shape index (κ3) is 10.9. The molecule has 4 aromatic rings. The first-order chi connectivity index (χ1) is 25.7. The third-order valence-electron chi connectivity index (χ3n) is 9.87. The number of aromatic nitrogens is 6. The summed E-state index contributed by atoms with van der Waals surface area (Å²) in [7, 11) is 4.65. The lowest BCUT2D eigenvalue weighted by molar-refractivity contribution is 0.249. The van der Waals surface area contributed by atoms with Crippen LogP contribution in [0.15, 0.2) is 80.1 Å². The molecule has 0 radical (unpaired) electrons. The molecular weight excluding hydrogens is 691 g/mol. The van der Waals surface area contributed by atoms with Gasteiger partial charge in [-0.15, -0.1) is 0 Å². The number of phenolic OH excluding ortho intramolecular Hbond substituents is 1. The maximum absolute atomic E-state index is 11.9. The van der Waals surface area contributed by atoms with Crippen LogP contribution in [-0.2, 0) is 27.2 Å². The highest BCUT2D eigenvalue weighted by atomic mass is 16.4. The fourth-order valence-electron chi connectivity index (χ4n) is 6.59. The van der Waals surface area contributed by atoms with E-state index in [0.29, 0.717) is 18.8 Å². The van der Waals surface area contributed by atoms with Gasteiger partial charge >= 0.3 is 11.4 Å². The normalized spacial score (nSPS) is 14.9. The summed E-state index contributed by atoms with van der Waals surface area (Å²) in [5.74, 6) is 1.25. The molecule has 0 unspecified atom stereocenters. The predicted molar refractivity (Wildman–Crippen MR) is 211 cm³/mol. The Kier molecular flexibility index (Phi) is 15.6. The van der Waals surface area contributed by atoms with Gasteiger partial charge < -0.3 is 19.6 Å². The zero-order valence-electron chi connectivity index (χ0n) is 31.0. The van der Waals surface area contributed by atoms with Crippen molar-refractivity contribution in [2.75, 3.05) is 82.4 Å². The Morgan fingerprint density at radius 1 is 0.593 bits per heavy atom. The molecule has 0 saturated carbocycles. The van der Waals surface area contributed by atoms with E-state index in [4.69, 9.17) is 4.74 Å². The highest BCUT2D eigenvalue weighted by Crippen LogP contribution is 2.29. The fraction of sp³-hybridized carbons (Fsp3) is 0.526. The standard InChI is InChI=1S/C19H27N5O3.C18H25N5O3.CH4/c1-21-18(25)15-20-24(19(21)26)10-6-5-9-22-11-13-23(14-12-22)16-7-3-4-8-17(16)27-2;1-20-17(25)14-19-23(18(20)26)9-5-4-8-21-10-12-22(13-11-21)15-6-2-3-7-16(15)24;/h3-4,7-8,15H,5-6,9-14H2,1-2H3;2-3,6-7,14,24H,4-5,8-13H2,1H3;1H4/i2-1;;. The Morgan fingerprint density at radius 2 is 1.00 bits per heavy atom. The van der Waals surface area contributed by atoms with E-state index in [9.17, 15) is 24.3 Å². The average molecular weight is 748 g/mol. The van der Waals surface area contributed by atoms with Crippen molar-refractivity contribution < 1.29 is 9.84 Å². The summed E-state index contributed by atoms with van der Waals surface area (Å²) in [4.78, 5) is 56.0. The van der Waals surface area contributed by atoms with E-state index >= 15 is 0 Å². The molecule has 0 atom stereocenters. The van der Waals surface area contributed by atoms with Gasteiger partial charge in [-0.3, -0.25) is 28.5 Å². The predicted octanol–water partition coefficient (Wildman–Crippen LogP) is 1.44. The number of hydrogen-bond donors (Lipinski definition) is 1. The highest BCUT2D eigenvalue weighted by molar-refractivity contribution is 5.59. The SMILES string of the molecule is C.Cn1c(=O)cnn(CCCCN2CCN(c3ccccc3O)CC2)c1=O.Cn1c(=O)cnn(CCCCN2CCN(c3ccccc3O[11CH3])CC2)c1=O. The Balaban J connectivity index is 0.000000236. The van der Waals surface area contributed by atoms with Gasteiger partial charge in [0.2, 0.25) is 0 Å². The van der Waals surface area contributed by atoms with Gasteiger partial charge in [-0.1, -0.05) is 31.7 Å². The van der Waals surface area contributed by atoms with Crippen LogP contribution in [0, 0.1) is 0 Å². The molecule has 2 aromatic heterocycles. The summed E-state index contributed by atoms with van der Waals surface area (Å²) in [5, 5.41) is 17.8. The summed E-state index contributed by atoms with van der Waals surface area (Å²) in [6, 6.07) is 15.6. The number of unbranched alkanes of at least 4 members (excludes halogenated alkanes) is 2. The lowest BCUT2D eigenvalue weighted by atomic mass is 10.2. The molecule has 2 aliphatic heterocycles. The number of aromatic hydroxyl groups is 1. The first-order valence-electron chi connectivity index (χ1n) is 18.3. The van der Waals surface area contributed by atoms with Gasteiger partial charge in [-0.25, -0.2) is 19.0 Å². The number of aryl methyl sites for hydroxylation is 2. The molecule has 1 N–H and O–H groups in total. The van der Waals surface area contributed by atoms with Gasteiger partial charge in [-0.2, -0.15) is 10.2 Å². The molecule has 0 bridgehead atoms. The van der Waals surface area contributed by atoms with E-state index in [0.717, 1.165) is 117 Å². The summed E-state index contributed by atoms with van der Waals surface area (Å²) in [6.45, 7) is 10.7. The Labute approximate surface area is 316 Å². The van der Waals surface area contributed by atoms with Crippen LogP contribution < -0.4 is 37.0 Å². The lowest BCUT2D eigenvalue weighted by Crippen LogP contribution is -2.46. The molecule has 16 heteroatoms. The smallest absolute Gasteiger partial charge is 0.347 e. The monoisotopic (exact) mass is 747 g/mol. The molecule has 16 nitrogen and oxygen atoms in total. The number of anilines is 2. The first-order valence-corrected chi connectivity index (χ1v) is 18.3. The quantitative estimate of drug-likeness (QED) is 0.197. The summed E-state index contributed by atoms with van der Waals surface area (Å²) < 4.78 is 10.3. The third-order valence-corrected chi connectivity index (χ3v) is 9.87. The molecule has 2 aromatic carbocycles. The second-order valence-electron chi connectivity index (χ2n) is 13.3. The van der Waals surface area contributed by atoms with E-state index in [2.05, 4.69) is 35.9 Å². The van der Waals surface area contributed by atoms with Gasteiger partial charge in [0.25, 0.3) is 11.1 Å². The van der Waals surface area contributed by atoms with Gasteiger partial charge in [0.05, 0.1) is 18.5 Å².